The molecule has 6 nitrogen and oxygen atoms in total. The number of aliphatic hydroxyl groups is 2. The molecule has 0 amide bonds. The van der Waals surface area contributed by atoms with Crippen molar-refractivity contribution in [2.24, 2.45) is 34.5 Å². The second kappa shape index (κ2) is 8.66. The summed E-state index contributed by atoms with van der Waals surface area (Å²) in [6.45, 7) is 9.57. The molecule has 10 atom stereocenters. The van der Waals surface area contributed by atoms with Crippen LogP contribution in [0.2, 0.25) is 0 Å². The first-order chi connectivity index (χ1) is 17.3. The minimum absolute atomic E-state index is 0.0203. The summed E-state index contributed by atoms with van der Waals surface area (Å²) in [4.78, 5) is 25.5. The lowest BCUT2D eigenvalue weighted by atomic mass is 9.43. The van der Waals surface area contributed by atoms with E-state index in [0.717, 1.165) is 31.3 Å². The highest BCUT2D eigenvalue weighted by Gasteiger charge is 2.77. The monoisotopic (exact) mass is 508 g/mol. The molecule has 5 rings (SSSR count). The number of epoxide rings is 1. The predicted octanol–water partition coefficient (Wildman–Crippen LogP) is 3.91. The first-order valence-electron chi connectivity index (χ1n) is 13.6. The topological polar surface area (TPSA) is 96.4 Å². The third-order valence-corrected chi connectivity index (χ3v) is 11.1. The zero-order valence-electron chi connectivity index (χ0n) is 22.6. The van der Waals surface area contributed by atoms with Crippen molar-refractivity contribution < 1.29 is 29.3 Å². The first-order valence-corrected chi connectivity index (χ1v) is 13.6. The van der Waals surface area contributed by atoms with Crippen molar-refractivity contribution in [2.45, 2.75) is 90.1 Å². The lowest BCUT2D eigenvalue weighted by Gasteiger charge is -2.60. The summed E-state index contributed by atoms with van der Waals surface area (Å²) < 4.78 is 11.2. The Labute approximate surface area is 220 Å². The van der Waals surface area contributed by atoms with Crippen LogP contribution in [0, 0.1) is 46.8 Å². The summed E-state index contributed by atoms with van der Waals surface area (Å²) in [6, 6.07) is 0. The van der Waals surface area contributed by atoms with Gasteiger partial charge in [0.05, 0.1) is 17.1 Å². The van der Waals surface area contributed by atoms with Gasteiger partial charge in [-0.15, -0.1) is 6.42 Å². The van der Waals surface area contributed by atoms with E-state index in [1.807, 2.05) is 32.9 Å². The fourth-order valence-electron chi connectivity index (χ4n) is 8.86. The average molecular weight is 509 g/mol. The summed E-state index contributed by atoms with van der Waals surface area (Å²) in [5.74, 6) is 2.46. The van der Waals surface area contributed by atoms with Gasteiger partial charge in [0.1, 0.15) is 11.7 Å². The van der Waals surface area contributed by atoms with Crippen molar-refractivity contribution in [3.8, 4) is 12.3 Å². The second-order valence-corrected chi connectivity index (χ2v) is 12.7. The molecule has 0 bridgehead atoms. The smallest absolute Gasteiger partial charge is 0.334 e. The Kier molecular flexibility index (Phi) is 6.18. The van der Waals surface area contributed by atoms with Gasteiger partial charge in [0.15, 0.2) is 12.4 Å². The van der Waals surface area contributed by atoms with Crippen LogP contribution in [0.25, 0.3) is 0 Å². The van der Waals surface area contributed by atoms with E-state index in [-0.39, 0.29) is 47.8 Å². The van der Waals surface area contributed by atoms with E-state index in [1.54, 1.807) is 19.1 Å². The zero-order chi connectivity index (χ0) is 27.0. The molecule has 1 saturated heterocycles. The summed E-state index contributed by atoms with van der Waals surface area (Å²) in [7, 11) is 0. The second-order valence-electron chi connectivity index (χ2n) is 12.7. The van der Waals surface area contributed by atoms with Gasteiger partial charge in [0.25, 0.3) is 0 Å². The fraction of sp³-hybridized carbons (Fsp3) is 0.677. The Morgan fingerprint density at radius 1 is 1.30 bits per heavy atom. The minimum atomic E-state index is -1.13. The Balaban J connectivity index is 1.40. The molecule has 0 aromatic heterocycles. The van der Waals surface area contributed by atoms with Crippen LogP contribution in [0.1, 0.15) is 66.7 Å². The molecule has 37 heavy (non-hydrogen) atoms. The van der Waals surface area contributed by atoms with Gasteiger partial charge in [-0.1, -0.05) is 31.1 Å². The molecule has 200 valence electrons. The molecule has 3 saturated carbocycles. The summed E-state index contributed by atoms with van der Waals surface area (Å²) in [5, 5.41) is 23.5. The largest absolute Gasteiger partial charge is 0.449 e. The number of rotatable bonds is 5. The van der Waals surface area contributed by atoms with Crippen molar-refractivity contribution in [3.63, 3.8) is 0 Å². The van der Waals surface area contributed by atoms with Crippen molar-refractivity contribution in [3.05, 3.63) is 35.5 Å². The van der Waals surface area contributed by atoms with Crippen LogP contribution in [-0.4, -0.2) is 52.0 Å². The molecule has 0 spiro atoms. The number of terminal acetylenes is 1. The van der Waals surface area contributed by atoms with Gasteiger partial charge in [-0.3, -0.25) is 4.79 Å². The number of carbonyl (C=O) groups excluding carboxylic acids is 2. The number of esters is 1. The molecular formula is C31H40O6. The van der Waals surface area contributed by atoms with E-state index in [1.165, 1.54) is 0 Å². The molecule has 4 aliphatic carbocycles. The van der Waals surface area contributed by atoms with Gasteiger partial charge in [0, 0.05) is 5.57 Å². The van der Waals surface area contributed by atoms with E-state index in [4.69, 9.17) is 15.9 Å². The van der Waals surface area contributed by atoms with Crippen LogP contribution >= 0.6 is 0 Å². The van der Waals surface area contributed by atoms with Gasteiger partial charge in [-0.2, -0.15) is 0 Å². The SMILES string of the molecule is C#CCOC(=O)/C(C)=C(C)\C=C\[C@](C)(O)[C@H]1CC[C@H]2[C@@H]3[C@@H]4O[C@@H]4[C@@]4(O)CC=CC(=O)[C@]4(C)[C@H]3CC[C@@]21C. The third-order valence-electron chi connectivity index (χ3n) is 11.1. The van der Waals surface area contributed by atoms with Gasteiger partial charge >= 0.3 is 5.97 Å². The third kappa shape index (κ3) is 3.65. The number of hydrogen-bond acceptors (Lipinski definition) is 6. The molecule has 0 aromatic carbocycles. The maximum atomic E-state index is 13.3. The molecule has 6 heteroatoms. The predicted molar refractivity (Wildman–Crippen MR) is 139 cm³/mol. The number of allylic oxidation sites excluding steroid dienone is 3. The normalized spacial score (nSPS) is 46.1. The van der Waals surface area contributed by atoms with E-state index in [9.17, 15) is 19.8 Å². The van der Waals surface area contributed by atoms with Crippen LogP contribution < -0.4 is 0 Å². The van der Waals surface area contributed by atoms with E-state index in [0.29, 0.717) is 17.9 Å². The Morgan fingerprint density at radius 3 is 2.73 bits per heavy atom. The Bertz CT molecular complexity index is 1140. The molecule has 0 radical (unpaired) electrons. The Hall–Kier alpha value is -2.20. The molecular weight excluding hydrogens is 468 g/mol. The number of fused-ring (bicyclic) bond motifs is 8. The molecule has 5 aliphatic rings. The molecule has 1 heterocycles. The molecule has 0 unspecified atom stereocenters. The highest BCUT2D eigenvalue weighted by Crippen LogP contribution is 2.71. The molecule has 2 N–H and O–H groups in total. The quantitative estimate of drug-likeness (QED) is 0.192. The lowest BCUT2D eigenvalue weighted by molar-refractivity contribution is -0.183. The fourth-order valence-corrected chi connectivity index (χ4v) is 8.86. The van der Waals surface area contributed by atoms with Crippen LogP contribution in [0.3, 0.4) is 0 Å². The summed E-state index contributed by atoms with van der Waals surface area (Å²) >= 11 is 0. The molecule has 4 fully saturated rings. The summed E-state index contributed by atoms with van der Waals surface area (Å²) in [6.07, 6.45) is 16.0. The van der Waals surface area contributed by atoms with Crippen LogP contribution in [0.5, 0.6) is 0 Å². The van der Waals surface area contributed by atoms with E-state index < -0.39 is 22.6 Å². The van der Waals surface area contributed by atoms with Gasteiger partial charge in [-0.25, -0.2) is 4.79 Å². The van der Waals surface area contributed by atoms with E-state index in [2.05, 4.69) is 12.8 Å². The zero-order valence-corrected chi connectivity index (χ0v) is 22.6. The first kappa shape index (κ1) is 26.4. The van der Waals surface area contributed by atoms with Crippen LogP contribution in [0.4, 0.5) is 0 Å². The maximum absolute atomic E-state index is 13.3. The highest BCUT2D eigenvalue weighted by atomic mass is 16.6. The number of hydrogen-bond donors (Lipinski definition) is 2. The average Bonchev–Trinajstić information content (AvgIpc) is 3.58. The van der Waals surface area contributed by atoms with Gasteiger partial charge < -0.3 is 19.7 Å². The van der Waals surface area contributed by atoms with Crippen LogP contribution in [0.15, 0.2) is 35.5 Å². The highest BCUT2D eigenvalue weighted by molar-refractivity contribution is 5.97. The summed E-state index contributed by atoms with van der Waals surface area (Å²) in [5.41, 5.74) is -1.98. The van der Waals surface area contributed by atoms with Crippen molar-refractivity contribution in [1.29, 1.82) is 0 Å². The minimum Gasteiger partial charge on any atom is -0.449 e. The van der Waals surface area contributed by atoms with Crippen molar-refractivity contribution in [1.82, 2.24) is 0 Å². The standard InChI is InChI=1S/C31H40O6/c1-7-17-36-27(33)19(3)18(2)12-16-29(5,34)22-11-10-20-24-21(13-15-28(20,22)4)30(6)23(32)9-8-14-31(30,35)26-25(24)37-26/h1,8-9,12,16,20-22,24-26,34-35H,10-11,13-15,17H2,2-6H3/b16-12+,19-18-/t20-,21-,22-,24-,25-,26-,28-,29-,30-,31-/m0/s1. The van der Waals surface area contributed by atoms with Crippen LogP contribution in [-0.2, 0) is 19.1 Å². The maximum Gasteiger partial charge on any atom is 0.334 e. The van der Waals surface area contributed by atoms with E-state index >= 15 is 0 Å². The van der Waals surface area contributed by atoms with Crippen molar-refractivity contribution >= 4 is 11.8 Å². The number of ketones is 1. The van der Waals surface area contributed by atoms with Gasteiger partial charge in [0.2, 0.25) is 0 Å². The number of ether oxygens (including phenoxy) is 2. The lowest BCUT2D eigenvalue weighted by Crippen LogP contribution is -2.67. The Morgan fingerprint density at radius 2 is 2.03 bits per heavy atom. The number of carbonyl (C=O) groups is 2. The molecule has 1 aliphatic heterocycles. The molecule has 0 aromatic rings. The van der Waals surface area contributed by atoms with Gasteiger partial charge in [-0.05, 0) is 101 Å². The van der Waals surface area contributed by atoms with Crippen molar-refractivity contribution in [2.75, 3.05) is 6.61 Å².